The molecule has 0 saturated heterocycles. The van der Waals surface area contributed by atoms with Crippen LogP contribution in [0.25, 0.3) is 0 Å². The van der Waals surface area contributed by atoms with Crippen molar-refractivity contribution in [3.63, 3.8) is 0 Å². The van der Waals surface area contributed by atoms with Crippen LogP contribution in [0.15, 0.2) is 18.2 Å². The first-order valence-electron chi connectivity index (χ1n) is 6.99. The summed E-state index contributed by atoms with van der Waals surface area (Å²) in [6.07, 6.45) is 0. The van der Waals surface area contributed by atoms with Crippen LogP contribution in [0, 0.1) is 13.8 Å². The standard InChI is InChI=1S/C15H18N4O3/c1-8-13(9(2)19-18-8)14(16)15(20)17-6-10-3-4-11-12(5-10)22-7-21-11/h3-5,14H,6-7,16H2,1-2H3,(H,17,20)(H,18,19)/t14-/m0/s1. The Kier molecular flexibility index (Phi) is 3.72. The summed E-state index contributed by atoms with van der Waals surface area (Å²) < 4.78 is 10.6. The van der Waals surface area contributed by atoms with Gasteiger partial charge in [0.15, 0.2) is 11.5 Å². The summed E-state index contributed by atoms with van der Waals surface area (Å²) in [5.41, 5.74) is 9.23. The van der Waals surface area contributed by atoms with E-state index in [-0.39, 0.29) is 12.7 Å². The normalized spacial score (nSPS) is 14.0. The van der Waals surface area contributed by atoms with Crippen molar-refractivity contribution in [1.29, 1.82) is 0 Å². The monoisotopic (exact) mass is 302 g/mol. The number of nitrogens with zero attached hydrogens (tertiary/aromatic N) is 1. The summed E-state index contributed by atoms with van der Waals surface area (Å²) in [5.74, 6) is 1.17. The van der Waals surface area contributed by atoms with Crippen LogP contribution in [0.2, 0.25) is 0 Å². The van der Waals surface area contributed by atoms with E-state index in [2.05, 4.69) is 15.5 Å². The Morgan fingerprint density at radius 2 is 2.18 bits per heavy atom. The fourth-order valence-corrected chi connectivity index (χ4v) is 2.50. The first kappa shape index (κ1) is 14.4. The van der Waals surface area contributed by atoms with Crippen molar-refractivity contribution in [2.75, 3.05) is 6.79 Å². The third-order valence-corrected chi connectivity index (χ3v) is 3.68. The molecule has 2 aromatic rings. The molecule has 7 nitrogen and oxygen atoms in total. The van der Waals surface area contributed by atoms with Gasteiger partial charge >= 0.3 is 0 Å². The van der Waals surface area contributed by atoms with Gasteiger partial charge in [-0.1, -0.05) is 6.07 Å². The van der Waals surface area contributed by atoms with Crippen molar-refractivity contribution in [2.45, 2.75) is 26.4 Å². The molecule has 116 valence electrons. The number of nitrogens with two attached hydrogens (primary N) is 1. The second-order valence-electron chi connectivity index (χ2n) is 5.23. The lowest BCUT2D eigenvalue weighted by atomic mass is 10.1. The highest BCUT2D eigenvalue weighted by Gasteiger charge is 2.22. The number of rotatable bonds is 4. The van der Waals surface area contributed by atoms with Gasteiger partial charge < -0.3 is 20.5 Å². The number of fused-ring (bicyclic) bond motifs is 1. The van der Waals surface area contributed by atoms with Crippen molar-refractivity contribution in [3.05, 3.63) is 40.7 Å². The van der Waals surface area contributed by atoms with Gasteiger partial charge in [-0.2, -0.15) is 5.10 Å². The van der Waals surface area contributed by atoms with E-state index in [1.165, 1.54) is 0 Å². The second-order valence-corrected chi connectivity index (χ2v) is 5.23. The quantitative estimate of drug-likeness (QED) is 0.784. The number of hydrogen-bond acceptors (Lipinski definition) is 5. The second kappa shape index (κ2) is 5.69. The topological polar surface area (TPSA) is 102 Å². The predicted molar refractivity (Wildman–Crippen MR) is 79.4 cm³/mol. The summed E-state index contributed by atoms with van der Waals surface area (Å²) in [6, 6.07) is 4.82. The number of carbonyl (C=O) groups excluding carboxylic acids is 1. The Balaban J connectivity index is 1.65. The van der Waals surface area contributed by atoms with Crippen molar-refractivity contribution in [2.24, 2.45) is 5.73 Å². The molecule has 1 aromatic carbocycles. The minimum absolute atomic E-state index is 0.231. The molecule has 0 saturated carbocycles. The van der Waals surface area contributed by atoms with Crippen molar-refractivity contribution in [1.82, 2.24) is 15.5 Å². The van der Waals surface area contributed by atoms with Crippen LogP contribution in [-0.2, 0) is 11.3 Å². The van der Waals surface area contributed by atoms with Gasteiger partial charge in [-0.25, -0.2) is 0 Å². The molecule has 0 fully saturated rings. The first-order valence-corrected chi connectivity index (χ1v) is 6.99. The van der Waals surface area contributed by atoms with Crippen LogP contribution in [0.4, 0.5) is 0 Å². The van der Waals surface area contributed by atoms with Gasteiger partial charge in [0, 0.05) is 17.8 Å². The maximum atomic E-state index is 12.2. The highest BCUT2D eigenvalue weighted by atomic mass is 16.7. The minimum atomic E-state index is -0.743. The van der Waals surface area contributed by atoms with E-state index in [0.29, 0.717) is 12.3 Å². The summed E-state index contributed by atoms with van der Waals surface area (Å²) in [4.78, 5) is 12.2. The molecule has 0 radical (unpaired) electrons. The van der Waals surface area contributed by atoms with Crippen LogP contribution < -0.4 is 20.5 Å². The van der Waals surface area contributed by atoms with E-state index in [1.807, 2.05) is 32.0 Å². The molecule has 1 aliphatic heterocycles. The maximum absolute atomic E-state index is 12.2. The van der Waals surface area contributed by atoms with Crippen molar-refractivity contribution in [3.8, 4) is 11.5 Å². The number of aromatic amines is 1. The number of aryl methyl sites for hydroxylation is 2. The Bertz CT molecular complexity index is 691. The van der Waals surface area contributed by atoms with Gasteiger partial charge in [0.1, 0.15) is 6.04 Å². The Hall–Kier alpha value is -2.54. The van der Waals surface area contributed by atoms with Crippen LogP contribution in [0.1, 0.15) is 28.6 Å². The Labute approximate surface area is 127 Å². The lowest BCUT2D eigenvalue weighted by Crippen LogP contribution is -2.34. The van der Waals surface area contributed by atoms with Crippen LogP contribution >= 0.6 is 0 Å². The molecule has 1 aromatic heterocycles. The number of H-pyrrole nitrogens is 1. The third-order valence-electron chi connectivity index (χ3n) is 3.68. The van der Waals surface area contributed by atoms with E-state index in [1.54, 1.807) is 0 Å². The molecule has 1 amide bonds. The van der Waals surface area contributed by atoms with Gasteiger partial charge in [-0.3, -0.25) is 9.89 Å². The van der Waals surface area contributed by atoms with Gasteiger partial charge in [0.05, 0.1) is 5.69 Å². The summed E-state index contributed by atoms with van der Waals surface area (Å²) >= 11 is 0. The Morgan fingerprint density at radius 1 is 1.41 bits per heavy atom. The highest BCUT2D eigenvalue weighted by Crippen LogP contribution is 2.32. The average molecular weight is 302 g/mol. The van der Waals surface area contributed by atoms with E-state index < -0.39 is 6.04 Å². The van der Waals surface area contributed by atoms with Gasteiger partial charge in [0.2, 0.25) is 12.7 Å². The smallest absolute Gasteiger partial charge is 0.241 e. The van der Waals surface area contributed by atoms with Gasteiger partial charge in [-0.15, -0.1) is 0 Å². The summed E-state index contributed by atoms with van der Waals surface area (Å²) in [5, 5.41) is 9.73. The van der Waals surface area contributed by atoms with Crippen molar-refractivity contribution >= 4 is 5.91 Å². The molecule has 4 N–H and O–H groups in total. The lowest BCUT2D eigenvalue weighted by molar-refractivity contribution is -0.122. The minimum Gasteiger partial charge on any atom is -0.454 e. The lowest BCUT2D eigenvalue weighted by Gasteiger charge is -2.13. The molecule has 2 heterocycles. The molecule has 22 heavy (non-hydrogen) atoms. The van der Waals surface area contributed by atoms with E-state index in [0.717, 1.165) is 28.3 Å². The molecule has 7 heteroatoms. The average Bonchev–Trinajstić information content (AvgIpc) is 3.10. The number of aromatic nitrogens is 2. The van der Waals surface area contributed by atoms with Gasteiger partial charge in [0.25, 0.3) is 0 Å². The molecular formula is C15H18N4O3. The van der Waals surface area contributed by atoms with E-state index >= 15 is 0 Å². The maximum Gasteiger partial charge on any atom is 0.241 e. The zero-order chi connectivity index (χ0) is 15.7. The number of benzene rings is 1. The van der Waals surface area contributed by atoms with Crippen LogP contribution in [-0.4, -0.2) is 22.9 Å². The fourth-order valence-electron chi connectivity index (χ4n) is 2.50. The number of hydrogen-bond donors (Lipinski definition) is 3. The largest absolute Gasteiger partial charge is 0.454 e. The van der Waals surface area contributed by atoms with Crippen LogP contribution in [0.5, 0.6) is 11.5 Å². The third kappa shape index (κ3) is 2.62. The predicted octanol–water partition coefficient (Wildman–Crippen LogP) is 1.07. The summed E-state index contributed by atoms with van der Waals surface area (Å²) in [7, 11) is 0. The van der Waals surface area contributed by atoms with Gasteiger partial charge in [-0.05, 0) is 31.5 Å². The molecule has 0 unspecified atom stereocenters. The number of carbonyl (C=O) groups is 1. The van der Waals surface area contributed by atoms with E-state index in [9.17, 15) is 4.79 Å². The zero-order valence-electron chi connectivity index (χ0n) is 12.5. The van der Waals surface area contributed by atoms with E-state index in [4.69, 9.17) is 15.2 Å². The molecule has 0 aliphatic carbocycles. The van der Waals surface area contributed by atoms with Crippen LogP contribution in [0.3, 0.4) is 0 Å². The molecule has 0 spiro atoms. The first-order chi connectivity index (χ1) is 10.6. The molecule has 3 rings (SSSR count). The molecule has 0 bridgehead atoms. The number of ether oxygens (including phenoxy) is 2. The molecular weight excluding hydrogens is 284 g/mol. The molecule has 1 aliphatic rings. The number of nitrogens with one attached hydrogen (secondary N) is 2. The SMILES string of the molecule is Cc1n[nH]c(C)c1[C@H](N)C(=O)NCc1ccc2c(c1)OCO2. The Morgan fingerprint density at radius 3 is 2.91 bits per heavy atom. The zero-order valence-corrected chi connectivity index (χ0v) is 12.5. The fraction of sp³-hybridized carbons (Fsp3) is 0.333. The highest BCUT2D eigenvalue weighted by molar-refractivity contribution is 5.83. The summed E-state index contributed by atoms with van der Waals surface area (Å²) in [6.45, 7) is 4.28. The molecule has 1 atom stereocenters. The van der Waals surface area contributed by atoms with Crippen molar-refractivity contribution < 1.29 is 14.3 Å². The number of amides is 1.